The second kappa shape index (κ2) is 7.84. The maximum Gasteiger partial charge on any atom is 0.255 e. The molecule has 5 heteroatoms. The van der Waals surface area contributed by atoms with Crippen molar-refractivity contribution in [2.45, 2.75) is 6.42 Å². The van der Waals surface area contributed by atoms with Gasteiger partial charge in [0.25, 0.3) is 5.91 Å². The molecule has 0 aliphatic heterocycles. The number of methoxy groups -OCH3 is 2. The summed E-state index contributed by atoms with van der Waals surface area (Å²) in [6, 6.07) is 13.4. The Balaban J connectivity index is 2.07. The Bertz CT molecular complexity index is 644. The molecule has 116 valence electrons. The molecule has 0 saturated carbocycles. The van der Waals surface area contributed by atoms with E-state index in [2.05, 4.69) is 21.2 Å². The summed E-state index contributed by atoms with van der Waals surface area (Å²) in [6.45, 7) is 0.556. The molecule has 4 nitrogen and oxygen atoms in total. The fourth-order valence-corrected chi connectivity index (χ4v) is 2.72. The quantitative estimate of drug-likeness (QED) is 0.854. The van der Waals surface area contributed by atoms with Crippen molar-refractivity contribution >= 4 is 21.8 Å². The van der Waals surface area contributed by atoms with E-state index in [9.17, 15) is 4.79 Å². The van der Waals surface area contributed by atoms with Crippen LogP contribution >= 0.6 is 15.9 Å². The summed E-state index contributed by atoms with van der Waals surface area (Å²) in [5.41, 5.74) is 1.63. The average molecular weight is 364 g/mol. The molecule has 2 rings (SSSR count). The number of ether oxygens (including phenoxy) is 2. The van der Waals surface area contributed by atoms with E-state index >= 15 is 0 Å². The summed E-state index contributed by atoms with van der Waals surface area (Å²) in [4.78, 5) is 12.4. The van der Waals surface area contributed by atoms with Crippen molar-refractivity contribution in [2.75, 3.05) is 20.8 Å². The van der Waals surface area contributed by atoms with Crippen molar-refractivity contribution in [1.29, 1.82) is 0 Å². The summed E-state index contributed by atoms with van der Waals surface area (Å²) in [6.07, 6.45) is 0.778. The lowest BCUT2D eigenvalue weighted by atomic mass is 10.1. The van der Waals surface area contributed by atoms with Gasteiger partial charge in [0.15, 0.2) is 0 Å². The Labute approximate surface area is 138 Å². The van der Waals surface area contributed by atoms with Crippen LogP contribution in [0.25, 0.3) is 0 Å². The van der Waals surface area contributed by atoms with E-state index < -0.39 is 0 Å². The Kier molecular flexibility index (Phi) is 5.83. The molecule has 0 radical (unpaired) electrons. The zero-order chi connectivity index (χ0) is 15.9. The first kappa shape index (κ1) is 16.4. The van der Waals surface area contributed by atoms with Crippen LogP contribution in [0.15, 0.2) is 46.9 Å². The zero-order valence-electron chi connectivity index (χ0n) is 12.6. The van der Waals surface area contributed by atoms with Gasteiger partial charge in [-0.25, -0.2) is 0 Å². The highest BCUT2D eigenvalue weighted by atomic mass is 79.9. The number of carbonyl (C=O) groups is 1. The molecule has 1 amide bonds. The number of rotatable bonds is 6. The first-order valence-corrected chi connectivity index (χ1v) is 7.68. The molecule has 0 unspecified atom stereocenters. The number of hydrogen-bond acceptors (Lipinski definition) is 3. The molecule has 1 N–H and O–H groups in total. The van der Waals surface area contributed by atoms with Gasteiger partial charge in [0.1, 0.15) is 11.5 Å². The lowest BCUT2D eigenvalue weighted by molar-refractivity contribution is 0.0950. The summed E-state index contributed by atoms with van der Waals surface area (Å²) < 4.78 is 11.2. The lowest BCUT2D eigenvalue weighted by Crippen LogP contribution is -2.26. The molecule has 0 bridgehead atoms. The van der Waals surface area contributed by atoms with Crippen LogP contribution in [0.2, 0.25) is 0 Å². The predicted molar refractivity (Wildman–Crippen MR) is 89.7 cm³/mol. The molecule has 0 fully saturated rings. The van der Waals surface area contributed by atoms with E-state index in [0.717, 1.165) is 6.42 Å². The molecule has 22 heavy (non-hydrogen) atoms. The monoisotopic (exact) mass is 363 g/mol. The Morgan fingerprint density at radius 1 is 1.14 bits per heavy atom. The van der Waals surface area contributed by atoms with Gasteiger partial charge in [-0.1, -0.05) is 30.3 Å². The van der Waals surface area contributed by atoms with Gasteiger partial charge in [0, 0.05) is 6.54 Å². The Hall–Kier alpha value is -2.01. The third-order valence-corrected chi connectivity index (χ3v) is 3.83. The van der Waals surface area contributed by atoms with Crippen LogP contribution in [0.4, 0.5) is 0 Å². The molecule has 0 atom stereocenters. The highest BCUT2D eigenvalue weighted by Crippen LogP contribution is 2.33. The molecule has 0 saturated heterocycles. The number of hydrogen-bond donors (Lipinski definition) is 1. The van der Waals surface area contributed by atoms with Crippen molar-refractivity contribution < 1.29 is 14.3 Å². The van der Waals surface area contributed by atoms with E-state index in [4.69, 9.17) is 9.47 Å². The second-order valence-corrected chi connectivity index (χ2v) is 5.54. The molecule has 0 aliphatic rings. The molecule has 0 spiro atoms. The molecule has 0 heterocycles. The SMILES string of the molecule is COc1cc(Br)c(OC)c(C(=O)NCCc2ccccc2)c1. The van der Waals surface area contributed by atoms with Crippen LogP contribution in [-0.2, 0) is 6.42 Å². The molecule has 2 aromatic rings. The van der Waals surface area contributed by atoms with E-state index in [-0.39, 0.29) is 5.91 Å². The van der Waals surface area contributed by atoms with E-state index in [1.165, 1.54) is 12.7 Å². The van der Waals surface area contributed by atoms with Gasteiger partial charge in [0.05, 0.1) is 24.3 Å². The van der Waals surface area contributed by atoms with Gasteiger partial charge < -0.3 is 14.8 Å². The summed E-state index contributed by atoms with van der Waals surface area (Å²) in [5.74, 6) is 0.909. The highest BCUT2D eigenvalue weighted by Gasteiger charge is 2.16. The molecular weight excluding hydrogens is 346 g/mol. The standard InChI is InChI=1S/C17H18BrNO3/c1-21-13-10-14(16(22-2)15(18)11-13)17(20)19-9-8-12-6-4-3-5-7-12/h3-7,10-11H,8-9H2,1-2H3,(H,19,20). The fraction of sp³-hybridized carbons (Fsp3) is 0.235. The van der Waals surface area contributed by atoms with Gasteiger partial charge in [0.2, 0.25) is 0 Å². The largest absolute Gasteiger partial charge is 0.497 e. The van der Waals surface area contributed by atoms with E-state index in [0.29, 0.717) is 28.1 Å². The van der Waals surface area contributed by atoms with Crippen molar-refractivity contribution in [3.63, 3.8) is 0 Å². The molecular formula is C17H18BrNO3. The molecule has 0 aromatic heterocycles. The average Bonchev–Trinajstić information content (AvgIpc) is 2.54. The summed E-state index contributed by atoms with van der Waals surface area (Å²) in [5, 5.41) is 2.91. The van der Waals surface area contributed by atoms with Crippen LogP contribution in [0.5, 0.6) is 11.5 Å². The number of benzene rings is 2. The van der Waals surface area contributed by atoms with Gasteiger partial charge in [-0.05, 0) is 40.0 Å². The molecule has 2 aromatic carbocycles. The Morgan fingerprint density at radius 3 is 2.50 bits per heavy atom. The fourth-order valence-electron chi connectivity index (χ4n) is 2.12. The topological polar surface area (TPSA) is 47.6 Å². The number of halogens is 1. The highest BCUT2D eigenvalue weighted by molar-refractivity contribution is 9.10. The van der Waals surface area contributed by atoms with Gasteiger partial charge in [-0.3, -0.25) is 4.79 Å². The van der Waals surface area contributed by atoms with E-state index in [1.54, 1.807) is 19.2 Å². The first-order chi connectivity index (χ1) is 10.7. The number of amides is 1. The van der Waals surface area contributed by atoms with Gasteiger partial charge in [-0.15, -0.1) is 0 Å². The second-order valence-electron chi connectivity index (χ2n) is 4.68. The third kappa shape index (κ3) is 4.01. The predicted octanol–water partition coefficient (Wildman–Crippen LogP) is 3.44. The zero-order valence-corrected chi connectivity index (χ0v) is 14.1. The van der Waals surface area contributed by atoms with Gasteiger partial charge >= 0.3 is 0 Å². The summed E-state index contributed by atoms with van der Waals surface area (Å²) in [7, 11) is 3.10. The van der Waals surface area contributed by atoms with Crippen LogP contribution in [0.3, 0.4) is 0 Å². The van der Waals surface area contributed by atoms with E-state index in [1.807, 2.05) is 30.3 Å². The van der Waals surface area contributed by atoms with Crippen LogP contribution in [0, 0.1) is 0 Å². The minimum atomic E-state index is -0.188. The smallest absolute Gasteiger partial charge is 0.255 e. The maximum absolute atomic E-state index is 12.4. The van der Waals surface area contributed by atoms with Crippen LogP contribution < -0.4 is 14.8 Å². The number of carbonyl (C=O) groups excluding carboxylic acids is 1. The van der Waals surface area contributed by atoms with Crippen LogP contribution in [-0.4, -0.2) is 26.7 Å². The minimum absolute atomic E-state index is 0.188. The first-order valence-electron chi connectivity index (χ1n) is 6.89. The van der Waals surface area contributed by atoms with Crippen LogP contribution in [0.1, 0.15) is 15.9 Å². The molecule has 0 aliphatic carbocycles. The van der Waals surface area contributed by atoms with Crippen molar-refractivity contribution in [1.82, 2.24) is 5.32 Å². The third-order valence-electron chi connectivity index (χ3n) is 3.24. The maximum atomic E-state index is 12.4. The van der Waals surface area contributed by atoms with Crippen molar-refractivity contribution in [3.05, 3.63) is 58.1 Å². The van der Waals surface area contributed by atoms with Crippen molar-refractivity contribution in [3.8, 4) is 11.5 Å². The summed E-state index contributed by atoms with van der Waals surface area (Å²) >= 11 is 3.39. The number of nitrogens with one attached hydrogen (secondary N) is 1. The normalized spacial score (nSPS) is 10.1. The van der Waals surface area contributed by atoms with Gasteiger partial charge in [-0.2, -0.15) is 0 Å². The Morgan fingerprint density at radius 2 is 1.86 bits per heavy atom. The van der Waals surface area contributed by atoms with Crippen molar-refractivity contribution in [2.24, 2.45) is 0 Å². The minimum Gasteiger partial charge on any atom is -0.497 e. The lowest BCUT2D eigenvalue weighted by Gasteiger charge is -2.13.